The van der Waals surface area contributed by atoms with Crippen LogP contribution in [0.5, 0.6) is 0 Å². The first-order valence-corrected chi connectivity index (χ1v) is 16.8. The highest BCUT2D eigenvalue weighted by molar-refractivity contribution is 7.72. The van der Waals surface area contributed by atoms with Crippen LogP contribution in [-0.2, 0) is 29.9 Å². The van der Waals surface area contributed by atoms with Crippen LogP contribution < -0.4 is 4.90 Å². The molecule has 0 bridgehead atoms. The zero-order chi connectivity index (χ0) is 29.3. The predicted molar refractivity (Wildman–Crippen MR) is 147 cm³/mol. The molecular weight excluding hydrogens is 597 g/mol. The average Bonchev–Trinajstić information content (AvgIpc) is 3.33. The van der Waals surface area contributed by atoms with E-state index in [1.165, 1.54) is 4.90 Å². The summed E-state index contributed by atoms with van der Waals surface area (Å²) >= 11 is 11.7. The Morgan fingerprint density at radius 2 is 1.64 bits per heavy atom. The minimum Gasteiger partial charge on any atom is -0.456 e. The quantitative estimate of drug-likeness (QED) is 0.102. The van der Waals surface area contributed by atoms with E-state index in [9.17, 15) is 43.4 Å². The Kier molecular flexibility index (Phi) is 13.2. The van der Waals surface area contributed by atoms with Gasteiger partial charge in [0.15, 0.2) is 6.61 Å². The van der Waals surface area contributed by atoms with Gasteiger partial charge in [0.05, 0.1) is 0 Å². The number of halogens is 2. The molecule has 2 rings (SSSR count). The van der Waals surface area contributed by atoms with E-state index >= 15 is 0 Å². The standard InChI is InChI=1S/C23H36Cl2N2O10P2/c24-12-15-26(16-13-25)19-8-6-18(7-9-19)3-1-5-22(29)37-17-21(28)27-14-2-4-20(27)10-11-23(30,38(31,32)33)39(34,35)36/h6-9,20,30H,1-5,10-17H2,(H2,31,32,33)(H2,34,35,36). The molecule has 222 valence electrons. The molecule has 1 aromatic rings. The summed E-state index contributed by atoms with van der Waals surface area (Å²) in [7, 11) is -11.1. The monoisotopic (exact) mass is 632 g/mol. The lowest BCUT2D eigenvalue weighted by Crippen LogP contribution is -2.40. The van der Waals surface area contributed by atoms with E-state index in [0.29, 0.717) is 50.5 Å². The molecule has 1 aromatic carbocycles. The Hall–Kier alpha value is -1.20. The Morgan fingerprint density at radius 3 is 2.18 bits per heavy atom. The topological polar surface area (TPSA) is 185 Å². The number of ether oxygens (including phenoxy) is 1. The van der Waals surface area contributed by atoms with Gasteiger partial charge in [-0.1, -0.05) is 12.1 Å². The number of aryl methyl sites for hydroxylation is 1. The number of hydrogen-bond donors (Lipinski definition) is 5. The van der Waals surface area contributed by atoms with Crippen LogP contribution in [0.1, 0.15) is 44.1 Å². The van der Waals surface area contributed by atoms with Gasteiger partial charge in [-0.05, 0) is 49.8 Å². The maximum atomic E-state index is 12.6. The summed E-state index contributed by atoms with van der Waals surface area (Å²) < 4.78 is 28.2. The highest BCUT2D eigenvalue weighted by Crippen LogP contribution is 2.69. The van der Waals surface area contributed by atoms with Crippen molar-refractivity contribution in [2.75, 3.05) is 42.9 Å². The molecule has 0 aromatic heterocycles. The van der Waals surface area contributed by atoms with Gasteiger partial charge in [0.1, 0.15) is 0 Å². The maximum Gasteiger partial charge on any atom is 0.369 e. The number of carbonyl (C=O) groups is 2. The SMILES string of the molecule is O=C(CCCc1ccc(N(CCCl)CCCl)cc1)OCC(=O)N1CCCC1CCC(O)(P(=O)(O)O)P(=O)(O)O. The van der Waals surface area contributed by atoms with Crippen molar-refractivity contribution in [3.63, 3.8) is 0 Å². The molecule has 1 amide bonds. The molecule has 1 aliphatic heterocycles. The van der Waals surface area contributed by atoms with Crippen molar-refractivity contribution in [2.24, 2.45) is 0 Å². The number of esters is 1. The van der Waals surface area contributed by atoms with Crippen molar-refractivity contribution in [3.05, 3.63) is 29.8 Å². The number of rotatable bonds is 16. The number of likely N-dealkylation sites (tertiary alicyclic amines) is 1. The van der Waals surface area contributed by atoms with Gasteiger partial charge in [0, 0.05) is 56.0 Å². The molecule has 12 nitrogen and oxygen atoms in total. The number of hydrogen-bond acceptors (Lipinski definition) is 7. The number of alkyl halides is 2. The summed E-state index contributed by atoms with van der Waals surface area (Å²) in [5.74, 6) is -0.115. The van der Waals surface area contributed by atoms with Gasteiger partial charge in [0.25, 0.3) is 11.0 Å². The maximum absolute atomic E-state index is 12.6. The summed E-state index contributed by atoms with van der Waals surface area (Å²) in [5, 5.41) is 6.55. The summed E-state index contributed by atoms with van der Waals surface area (Å²) in [6.07, 6.45) is 1.03. The third-order valence-electron chi connectivity index (χ3n) is 6.66. The molecule has 1 unspecified atom stereocenters. The number of amides is 1. The summed E-state index contributed by atoms with van der Waals surface area (Å²) in [4.78, 5) is 65.4. The lowest BCUT2D eigenvalue weighted by atomic mass is 10.1. The van der Waals surface area contributed by atoms with Crippen molar-refractivity contribution >= 4 is 56.0 Å². The molecule has 0 radical (unpaired) electrons. The van der Waals surface area contributed by atoms with E-state index in [-0.39, 0.29) is 19.4 Å². The van der Waals surface area contributed by atoms with Gasteiger partial charge in [-0.15, -0.1) is 23.2 Å². The number of anilines is 1. The van der Waals surface area contributed by atoms with Crippen LogP contribution in [0.3, 0.4) is 0 Å². The van der Waals surface area contributed by atoms with E-state index in [1.54, 1.807) is 0 Å². The molecule has 0 aliphatic carbocycles. The second kappa shape index (κ2) is 15.1. The number of carbonyl (C=O) groups excluding carboxylic acids is 2. The second-order valence-electron chi connectivity index (χ2n) is 9.33. The third kappa shape index (κ3) is 9.69. The first kappa shape index (κ1) is 34.0. The lowest BCUT2D eigenvalue weighted by molar-refractivity contribution is -0.152. The fourth-order valence-electron chi connectivity index (χ4n) is 4.47. The van der Waals surface area contributed by atoms with Crippen LogP contribution in [0.2, 0.25) is 0 Å². The molecule has 39 heavy (non-hydrogen) atoms. The van der Waals surface area contributed by atoms with Crippen molar-refractivity contribution < 1.29 is 48.1 Å². The molecule has 1 atom stereocenters. The summed E-state index contributed by atoms with van der Waals surface area (Å²) in [6, 6.07) is 7.26. The van der Waals surface area contributed by atoms with E-state index in [1.807, 2.05) is 24.3 Å². The van der Waals surface area contributed by atoms with Gasteiger partial charge in [-0.3, -0.25) is 18.7 Å². The first-order valence-electron chi connectivity index (χ1n) is 12.5. The predicted octanol–water partition coefficient (Wildman–Crippen LogP) is 2.61. The fraction of sp³-hybridized carbons (Fsp3) is 0.652. The van der Waals surface area contributed by atoms with Crippen LogP contribution >= 0.6 is 38.4 Å². The molecule has 1 heterocycles. The second-order valence-corrected chi connectivity index (χ2v) is 14.1. The van der Waals surface area contributed by atoms with E-state index in [2.05, 4.69) is 4.90 Å². The summed E-state index contributed by atoms with van der Waals surface area (Å²) in [5.41, 5.74) is 2.04. The summed E-state index contributed by atoms with van der Waals surface area (Å²) in [6.45, 7) is 1.12. The zero-order valence-electron chi connectivity index (χ0n) is 21.4. The van der Waals surface area contributed by atoms with Gasteiger partial charge >= 0.3 is 21.2 Å². The molecule has 0 saturated carbocycles. The normalized spacial score (nSPS) is 16.4. The van der Waals surface area contributed by atoms with E-state index in [0.717, 1.165) is 11.3 Å². The number of benzene rings is 1. The molecule has 1 saturated heterocycles. The zero-order valence-corrected chi connectivity index (χ0v) is 24.7. The van der Waals surface area contributed by atoms with Crippen molar-refractivity contribution in [1.29, 1.82) is 0 Å². The Morgan fingerprint density at radius 1 is 1.05 bits per heavy atom. The minimum absolute atomic E-state index is 0.0979. The highest BCUT2D eigenvalue weighted by Gasteiger charge is 2.59. The number of nitrogens with zero attached hydrogens (tertiary/aromatic N) is 2. The van der Waals surface area contributed by atoms with E-state index < -0.39 is 51.2 Å². The molecule has 16 heteroatoms. The molecule has 5 N–H and O–H groups in total. The first-order chi connectivity index (χ1) is 18.2. The minimum atomic E-state index is -5.57. The van der Waals surface area contributed by atoms with Gasteiger partial charge in [-0.25, -0.2) is 0 Å². The van der Waals surface area contributed by atoms with Crippen LogP contribution in [0.15, 0.2) is 24.3 Å². The number of aliphatic hydroxyl groups is 1. The molecule has 1 fully saturated rings. The van der Waals surface area contributed by atoms with Crippen molar-refractivity contribution in [3.8, 4) is 0 Å². The molecule has 1 aliphatic rings. The van der Waals surface area contributed by atoms with E-state index in [4.69, 9.17) is 27.9 Å². The van der Waals surface area contributed by atoms with Crippen LogP contribution in [0, 0.1) is 0 Å². The van der Waals surface area contributed by atoms with Gasteiger partial charge in [-0.2, -0.15) is 0 Å². The third-order valence-corrected chi connectivity index (χ3v) is 10.9. The van der Waals surface area contributed by atoms with Crippen molar-refractivity contribution in [2.45, 2.75) is 56.1 Å². The van der Waals surface area contributed by atoms with Gasteiger partial charge < -0.3 is 39.2 Å². The van der Waals surface area contributed by atoms with Gasteiger partial charge in [0.2, 0.25) is 0 Å². The lowest BCUT2D eigenvalue weighted by Gasteiger charge is -2.32. The largest absolute Gasteiger partial charge is 0.456 e. The Labute approximate surface area is 237 Å². The smallest absolute Gasteiger partial charge is 0.369 e. The highest BCUT2D eigenvalue weighted by atomic mass is 35.5. The van der Waals surface area contributed by atoms with Crippen LogP contribution in [-0.4, -0.2) is 90.6 Å². The average molecular weight is 633 g/mol. The Bertz CT molecular complexity index is 1020. The van der Waals surface area contributed by atoms with Crippen molar-refractivity contribution in [1.82, 2.24) is 4.90 Å². The van der Waals surface area contributed by atoms with Crippen LogP contribution in [0.25, 0.3) is 0 Å². The van der Waals surface area contributed by atoms with Crippen LogP contribution in [0.4, 0.5) is 5.69 Å². The Balaban J connectivity index is 1.80. The molecule has 0 spiro atoms. The molecular formula is C23H36Cl2N2O10P2. The fourth-order valence-corrected chi connectivity index (χ4v) is 7.07.